The van der Waals surface area contributed by atoms with Gasteiger partial charge in [-0.3, -0.25) is 4.57 Å². The van der Waals surface area contributed by atoms with Crippen LogP contribution >= 0.6 is 22.6 Å². The number of ether oxygens (including phenoxy) is 2. The molecule has 2 fully saturated rings. The van der Waals surface area contributed by atoms with Crippen molar-refractivity contribution in [1.82, 2.24) is 19.5 Å². The number of rotatable bonds is 4. The number of hydrogen-bond acceptors (Lipinski definition) is 8. The van der Waals surface area contributed by atoms with Crippen LogP contribution in [0.5, 0.6) is 6.01 Å². The van der Waals surface area contributed by atoms with Crippen molar-refractivity contribution in [2.75, 3.05) is 10.2 Å². The molecule has 9 nitrogen and oxygen atoms in total. The minimum Gasteiger partial charge on any atom is -0.460 e. The van der Waals surface area contributed by atoms with E-state index >= 15 is 0 Å². The summed E-state index contributed by atoms with van der Waals surface area (Å²) in [5.41, 5.74) is 6.84. The van der Waals surface area contributed by atoms with Crippen LogP contribution in [0.15, 0.2) is 6.33 Å². The number of nitrogens with two attached hydrogens (primary N) is 1. The monoisotopic (exact) mass is 461 g/mol. The highest BCUT2D eigenvalue weighted by Crippen LogP contribution is 2.33. The minimum absolute atomic E-state index is 0.103. The summed E-state index contributed by atoms with van der Waals surface area (Å²) in [6.45, 7) is 0. The van der Waals surface area contributed by atoms with Gasteiger partial charge in [0, 0.05) is 4.43 Å². The predicted molar refractivity (Wildman–Crippen MR) is 97.4 cm³/mol. The van der Waals surface area contributed by atoms with Crippen molar-refractivity contribution < 1.29 is 19.7 Å². The molecule has 4 rings (SSSR count). The lowest BCUT2D eigenvalue weighted by molar-refractivity contribution is -0.0283. The molecule has 136 valence electrons. The Bertz CT molecular complexity index is 766. The second kappa shape index (κ2) is 6.82. The van der Waals surface area contributed by atoms with Crippen molar-refractivity contribution >= 4 is 39.6 Å². The van der Waals surface area contributed by atoms with E-state index in [2.05, 4.69) is 37.5 Å². The summed E-state index contributed by atoms with van der Waals surface area (Å²) in [5, 5.41) is 20.4. The normalized spacial score (nSPS) is 30.4. The van der Waals surface area contributed by atoms with Gasteiger partial charge in [-0.2, -0.15) is 9.97 Å². The van der Waals surface area contributed by atoms with Crippen LogP contribution in [0, 0.1) is 0 Å². The molecule has 4 atom stereocenters. The van der Waals surface area contributed by atoms with Crippen molar-refractivity contribution in [2.24, 2.45) is 0 Å². The number of fused-ring (bicyclic) bond motifs is 1. The maximum atomic E-state index is 10.3. The van der Waals surface area contributed by atoms with E-state index < -0.39 is 24.5 Å². The van der Waals surface area contributed by atoms with Gasteiger partial charge in [0.1, 0.15) is 18.3 Å². The summed E-state index contributed by atoms with van der Waals surface area (Å²) >= 11 is 2.11. The van der Waals surface area contributed by atoms with Crippen LogP contribution in [-0.2, 0) is 4.74 Å². The Hall–Kier alpha value is -1.24. The first kappa shape index (κ1) is 17.2. The van der Waals surface area contributed by atoms with Crippen LogP contribution in [0.3, 0.4) is 0 Å². The second-order valence-electron chi connectivity index (χ2n) is 6.44. The number of nitrogens with zero attached hydrogens (tertiary/aromatic N) is 4. The van der Waals surface area contributed by atoms with Gasteiger partial charge in [0.15, 0.2) is 23.2 Å². The minimum atomic E-state index is -1.08. The Kier molecular flexibility index (Phi) is 4.69. The molecular formula is C15H20IN5O4. The first-order valence-electron chi connectivity index (χ1n) is 8.32. The zero-order valence-corrected chi connectivity index (χ0v) is 15.6. The molecular weight excluding hydrogens is 441 g/mol. The molecule has 0 aromatic carbocycles. The first-order chi connectivity index (χ1) is 12.1. The summed E-state index contributed by atoms with van der Waals surface area (Å²) in [7, 11) is 0. The van der Waals surface area contributed by atoms with Gasteiger partial charge in [-0.05, 0) is 25.7 Å². The van der Waals surface area contributed by atoms with Crippen LogP contribution in [0.25, 0.3) is 11.2 Å². The molecule has 4 N–H and O–H groups in total. The molecule has 1 saturated carbocycles. The van der Waals surface area contributed by atoms with Gasteiger partial charge in [0.05, 0.1) is 12.4 Å². The van der Waals surface area contributed by atoms with Crippen LogP contribution in [0.2, 0.25) is 0 Å². The number of alkyl halides is 1. The average Bonchev–Trinajstić information content (AvgIpc) is 3.30. The van der Waals surface area contributed by atoms with E-state index in [1.807, 2.05) is 0 Å². The van der Waals surface area contributed by atoms with Crippen LogP contribution in [0.1, 0.15) is 31.9 Å². The van der Waals surface area contributed by atoms with E-state index in [1.165, 1.54) is 6.33 Å². The lowest BCUT2D eigenvalue weighted by Gasteiger charge is -2.17. The van der Waals surface area contributed by atoms with Crippen LogP contribution < -0.4 is 10.5 Å². The van der Waals surface area contributed by atoms with Crippen molar-refractivity contribution in [1.29, 1.82) is 0 Å². The summed E-state index contributed by atoms with van der Waals surface area (Å²) in [6, 6.07) is 0.206. The number of aliphatic hydroxyl groups excluding tert-OH is 2. The highest BCUT2D eigenvalue weighted by Gasteiger charge is 2.43. The fourth-order valence-corrected chi connectivity index (χ4v) is 4.13. The van der Waals surface area contributed by atoms with E-state index in [0.717, 1.165) is 25.7 Å². The largest absolute Gasteiger partial charge is 0.460 e. The molecule has 0 spiro atoms. The molecule has 2 aromatic rings. The van der Waals surface area contributed by atoms with Gasteiger partial charge in [-0.15, -0.1) is 0 Å². The molecule has 1 saturated heterocycles. The lowest BCUT2D eigenvalue weighted by atomic mass is 10.1. The van der Waals surface area contributed by atoms with Gasteiger partial charge in [-0.1, -0.05) is 22.6 Å². The average molecular weight is 461 g/mol. The van der Waals surface area contributed by atoms with Crippen molar-refractivity contribution in [3.63, 3.8) is 0 Å². The molecule has 0 amide bonds. The number of aromatic nitrogens is 4. The molecule has 2 aromatic heterocycles. The molecule has 25 heavy (non-hydrogen) atoms. The zero-order chi connectivity index (χ0) is 17.6. The van der Waals surface area contributed by atoms with E-state index in [0.29, 0.717) is 15.6 Å². The smallest absolute Gasteiger partial charge is 0.320 e. The number of aliphatic hydroxyl groups is 2. The Labute approximate surface area is 157 Å². The third-order valence-corrected chi connectivity index (χ3v) is 5.63. The summed E-state index contributed by atoms with van der Waals surface area (Å²) in [4.78, 5) is 12.8. The van der Waals surface area contributed by atoms with Gasteiger partial charge in [0.25, 0.3) is 0 Å². The van der Waals surface area contributed by atoms with E-state index in [-0.39, 0.29) is 17.9 Å². The highest BCUT2D eigenvalue weighted by atomic mass is 127. The van der Waals surface area contributed by atoms with Gasteiger partial charge < -0.3 is 25.4 Å². The highest BCUT2D eigenvalue weighted by molar-refractivity contribution is 14.1. The number of anilines is 1. The Morgan fingerprint density at radius 3 is 2.72 bits per heavy atom. The maximum Gasteiger partial charge on any atom is 0.320 e. The topological polar surface area (TPSA) is 129 Å². The fraction of sp³-hybridized carbons (Fsp3) is 0.667. The summed E-state index contributed by atoms with van der Waals surface area (Å²) in [5.74, 6) is 0.218. The lowest BCUT2D eigenvalue weighted by Crippen LogP contribution is -2.32. The van der Waals surface area contributed by atoms with Gasteiger partial charge in [0.2, 0.25) is 0 Å². The number of hydrogen-bond donors (Lipinski definition) is 3. The van der Waals surface area contributed by atoms with Gasteiger partial charge in [-0.25, -0.2) is 4.98 Å². The standard InChI is InChI=1S/C15H20IN5O4/c16-5-8-10(22)11(23)14(25-8)21-6-18-9-12(17)19-15(20-13(9)21)24-7-3-1-2-4-7/h6-8,10-11,14,22-23H,1-5H2,(H2,17,19,20)/t8?,10-,11-,14?/m1/s1. The van der Waals surface area contributed by atoms with Crippen LogP contribution in [-0.4, -0.2) is 58.6 Å². The molecule has 10 heteroatoms. The summed E-state index contributed by atoms with van der Waals surface area (Å²) in [6.07, 6.45) is 2.55. The predicted octanol–water partition coefficient (Wildman–Crippen LogP) is 0.784. The third kappa shape index (κ3) is 3.04. The quantitative estimate of drug-likeness (QED) is 0.451. The number of imidazole rings is 1. The third-order valence-electron chi connectivity index (χ3n) is 4.77. The molecule has 1 aliphatic heterocycles. The first-order valence-corrected chi connectivity index (χ1v) is 9.85. The second-order valence-corrected chi connectivity index (χ2v) is 7.32. The van der Waals surface area contributed by atoms with E-state index in [4.69, 9.17) is 15.2 Å². The van der Waals surface area contributed by atoms with Gasteiger partial charge >= 0.3 is 6.01 Å². The Balaban J connectivity index is 1.68. The van der Waals surface area contributed by atoms with E-state index in [1.54, 1.807) is 4.57 Å². The van der Waals surface area contributed by atoms with Crippen molar-refractivity contribution in [2.45, 2.75) is 56.3 Å². The Morgan fingerprint density at radius 2 is 2.04 bits per heavy atom. The number of nitrogen functional groups attached to an aromatic ring is 1. The SMILES string of the molecule is Nc1nc(OC2CCCC2)nc2c1ncn2C1OC(CI)[C@@H](O)[C@H]1O. The molecule has 0 bridgehead atoms. The summed E-state index contributed by atoms with van der Waals surface area (Å²) < 4.78 is 13.8. The Morgan fingerprint density at radius 1 is 1.28 bits per heavy atom. The molecule has 2 unspecified atom stereocenters. The molecule has 2 aliphatic rings. The number of halogens is 1. The molecule has 3 heterocycles. The van der Waals surface area contributed by atoms with Crippen LogP contribution in [0.4, 0.5) is 5.82 Å². The molecule has 1 aliphatic carbocycles. The zero-order valence-electron chi connectivity index (χ0n) is 13.5. The maximum absolute atomic E-state index is 10.3. The van der Waals surface area contributed by atoms with Crippen molar-refractivity contribution in [3.05, 3.63) is 6.33 Å². The van der Waals surface area contributed by atoms with E-state index in [9.17, 15) is 10.2 Å². The fourth-order valence-electron chi connectivity index (χ4n) is 3.40. The van der Waals surface area contributed by atoms with Crippen molar-refractivity contribution in [3.8, 4) is 6.01 Å². The molecule has 0 radical (unpaired) electrons.